The molecule has 7 heteroatoms. The average molecular weight is 415 g/mol. The molecule has 3 rings (SSSR count). The topological polar surface area (TPSA) is 67.8 Å². The van der Waals surface area contributed by atoms with E-state index in [9.17, 15) is 4.39 Å². The summed E-state index contributed by atoms with van der Waals surface area (Å²) in [6, 6.07) is 9.67. The molecule has 0 atom stereocenters. The van der Waals surface area contributed by atoms with E-state index in [0.29, 0.717) is 23.6 Å². The van der Waals surface area contributed by atoms with Crippen LogP contribution >= 0.6 is 0 Å². The number of hydrogen-bond acceptors (Lipinski definition) is 4. The summed E-state index contributed by atoms with van der Waals surface area (Å²) in [5.74, 6) is 1.49. The number of benzene rings is 1. The Balaban J connectivity index is 1.52. The summed E-state index contributed by atoms with van der Waals surface area (Å²) in [4.78, 5) is 8.58. The Bertz CT molecular complexity index is 820. The quantitative estimate of drug-likeness (QED) is 0.474. The molecule has 1 heterocycles. The molecule has 2 aromatic rings. The Hall–Kier alpha value is -2.67. The van der Waals surface area contributed by atoms with E-state index in [0.717, 1.165) is 31.1 Å². The largest absolute Gasteiger partial charge is 0.439 e. The van der Waals surface area contributed by atoms with E-state index in [1.54, 1.807) is 32.5 Å². The maximum atomic E-state index is 13.0. The highest BCUT2D eigenvalue weighted by atomic mass is 19.1. The lowest BCUT2D eigenvalue weighted by molar-refractivity contribution is 0.138. The molecule has 1 aromatic carbocycles. The smallest absolute Gasteiger partial charge is 0.219 e. The number of rotatable bonds is 9. The predicted molar refractivity (Wildman–Crippen MR) is 116 cm³/mol. The Labute approximate surface area is 177 Å². The lowest BCUT2D eigenvalue weighted by Crippen LogP contribution is -2.43. The fraction of sp³-hybridized carbons (Fsp3) is 0.478. The summed E-state index contributed by atoms with van der Waals surface area (Å²) >= 11 is 0. The van der Waals surface area contributed by atoms with Crippen LogP contribution < -0.4 is 15.4 Å². The van der Waals surface area contributed by atoms with Gasteiger partial charge in [-0.2, -0.15) is 0 Å². The number of ether oxygens (including phenoxy) is 2. The van der Waals surface area contributed by atoms with Gasteiger partial charge in [-0.15, -0.1) is 0 Å². The van der Waals surface area contributed by atoms with Gasteiger partial charge in [0.1, 0.15) is 11.6 Å². The molecular formula is C23H31FN4O2. The second kappa shape index (κ2) is 10.9. The summed E-state index contributed by atoms with van der Waals surface area (Å²) in [6.07, 6.45) is 7.80. The van der Waals surface area contributed by atoms with Crippen molar-refractivity contribution in [3.8, 4) is 11.6 Å². The second-order valence-corrected chi connectivity index (χ2v) is 7.79. The van der Waals surface area contributed by atoms with Gasteiger partial charge in [0.15, 0.2) is 5.96 Å². The summed E-state index contributed by atoms with van der Waals surface area (Å²) < 4.78 is 24.1. The van der Waals surface area contributed by atoms with Crippen LogP contribution in [0.15, 0.2) is 47.6 Å². The normalized spacial score (nSPS) is 15.8. The number of halogens is 1. The van der Waals surface area contributed by atoms with Gasteiger partial charge in [0.05, 0.1) is 0 Å². The Morgan fingerprint density at radius 3 is 2.63 bits per heavy atom. The Morgan fingerprint density at radius 2 is 1.93 bits per heavy atom. The van der Waals surface area contributed by atoms with E-state index in [1.807, 2.05) is 12.1 Å². The highest BCUT2D eigenvalue weighted by Crippen LogP contribution is 2.40. The first-order chi connectivity index (χ1) is 14.6. The van der Waals surface area contributed by atoms with Crippen LogP contribution in [0.25, 0.3) is 0 Å². The molecule has 0 unspecified atom stereocenters. The van der Waals surface area contributed by atoms with Crippen LogP contribution in [0.5, 0.6) is 11.6 Å². The van der Waals surface area contributed by atoms with Crippen LogP contribution in [-0.2, 0) is 11.3 Å². The molecule has 0 spiro atoms. The molecule has 1 fully saturated rings. The molecule has 2 N–H and O–H groups in total. The van der Waals surface area contributed by atoms with Gasteiger partial charge in [0.25, 0.3) is 0 Å². The minimum atomic E-state index is -0.297. The standard InChI is InChI=1S/C23H31FN4O2/c1-25-22(28-17-23(12-14-29-2)10-3-4-11-23)27-16-18-9-13-26-21(15-18)30-20-7-5-19(24)6-8-20/h5-9,13,15H,3-4,10-12,14,16-17H2,1-2H3,(H2,25,27,28). The monoisotopic (exact) mass is 414 g/mol. The summed E-state index contributed by atoms with van der Waals surface area (Å²) in [5.41, 5.74) is 1.31. The van der Waals surface area contributed by atoms with Gasteiger partial charge in [-0.3, -0.25) is 4.99 Å². The number of pyridine rings is 1. The van der Waals surface area contributed by atoms with Gasteiger partial charge in [0.2, 0.25) is 5.88 Å². The van der Waals surface area contributed by atoms with Crippen LogP contribution in [-0.4, -0.2) is 38.3 Å². The number of nitrogens with zero attached hydrogens (tertiary/aromatic N) is 2. The second-order valence-electron chi connectivity index (χ2n) is 7.79. The van der Waals surface area contributed by atoms with E-state index in [2.05, 4.69) is 20.6 Å². The fourth-order valence-corrected chi connectivity index (χ4v) is 3.88. The number of hydrogen-bond donors (Lipinski definition) is 2. The third kappa shape index (κ3) is 6.42. The summed E-state index contributed by atoms with van der Waals surface area (Å²) in [7, 11) is 3.54. The predicted octanol–water partition coefficient (Wildman–Crippen LogP) is 4.27. The van der Waals surface area contributed by atoms with Crippen LogP contribution in [0.2, 0.25) is 0 Å². The molecule has 0 bridgehead atoms. The Morgan fingerprint density at radius 1 is 1.17 bits per heavy atom. The van der Waals surface area contributed by atoms with E-state index in [-0.39, 0.29) is 5.82 Å². The van der Waals surface area contributed by atoms with Crippen LogP contribution in [0.1, 0.15) is 37.7 Å². The molecule has 0 amide bonds. The third-order valence-electron chi connectivity index (χ3n) is 5.65. The van der Waals surface area contributed by atoms with E-state index in [4.69, 9.17) is 9.47 Å². The first-order valence-corrected chi connectivity index (χ1v) is 10.4. The SMILES string of the molecule is CN=C(NCc1ccnc(Oc2ccc(F)cc2)c1)NCC1(CCOC)CCCC1. The van der Waals surface area contributed by atoms with Crippen molar-refractivity contribution in [2.75, 3.05) is 27.3 Å². The molecule has 162 valence electrons. The number of nitrogens with one attached hydrogen (secondary N) is 2. The molecule has 1 aliphatic rings. The van der Waals surface area contributed by atoms with Crippen molar-refractivity contribution in [1.29, 1.82) is 0 Å². The van der Waals surface area contributed by atoms with Crippen LogP contribution in [0, 0.1) is 11.2 Å². The minimum absolute atomic E-state index is 0.292. The van der Waals surface area contributed by atoms with E-state index < -0.39 is 0 Å². The van der Waals surface area contributed by atoms with Crippen molar-refractivity contribution in [3.63, 3.8) is 0 Å². The first-order valence-electron chi connectivity index (χ1n) is 10.4. The average Bonchev–Trinajstić information content (AvgIpc) is 3.23. The van der Waals surface area contributed by atoms with Crippen LogP contribution in [0.3, 0.4) is 0 Å². The zero-order valence-electron chi connectivity index (χ0n) is 17.8. The summed E-state index contributed by atoms with van der Waals surface area (Å²) in [5, 5.41) is 6.85. The number of guanidine groups is 1. The first kappa shape index (κ1) is 22.0. The highest BCUT2D eigenvalue weighted by Gasteiger charge is 2.33. The van der Waals surface area contributed by atoms with Crippen molar-refractivity contribution < 1.29 is 13.9 Å². The molecule has 0 radical (unpaired) electrons. The van der Waals surface area contributed by atoms with Gasteiger partial charge < -0.3 is 20.1 Å². The number of methoxy groups -OCH3 is 1. The fourth-order valence-electron chi connectivity index (χ4n) is 3.88. The van der Waals surface area contributed by atoms with Crippen molar-refractivity contribution in [1.82, 2.24) is 15.6 Å². The molecular weight excluding hydrogens is 383 g/mol. The van der Waals surface area contributed by atoms with Crippen LogP contribution in [0.4, 0.5) is 4.39 Å². The molecule has 1 aliphatic carbocycles. The highest BCUT2D eigenvalue weighted by molar-refractivity contribution is 5.79. The Kier molecular flexibility index (Phi) is 8.02. The third-order valence-corrected chi connectivity index (χ3v) is 5.65. The van der Waals surface area contributed by atoms with E-state index in [1.165, 1.54) is 37.8 Å². The molecule has 30 heavy (non-hydrogen) atoms. The van der Waals surface area contributed by atoms with Crippen molar-refractivity contribution in [2.45, 2.75) is 38.6 Å². The van der Waals surface area contributed by atoms with Crippen molar-refractivity contribution in [3.05, 3.63) is 54.0 Å². The lowest BCUT2D eigenvalue weighted by Gasteiger charge is -2.30. The lowest BCUT2D eigenvalue weighted by atomic mass is 9.83. The van der Waals surface area contributed by atoms with Crippen molar-refractivity contribution in [2.24, 2.45) is 10.4 Å². The van der Waals surface area contributed by atoms with Crippen molar-refractivity contribution >= 4 is 5.96 Å². The molecule has 1 aromatic heterocycles. The van der Waals surface area contributed by atoms with Gasteiger partial charge in [-0.1, -0.05) is 12.8 Å². The van der Waals surface area contributed by atoms with Gasteiger partial charge in [-0.25, -0.2) is 9.37 Å². The summed E-state index contributed by atoms with van der Waals surface area (Å²) in [6.45, 7) is 2.28. The zero-order valence-corrected chi connectivity index (χ0v) is 17.8. The van der Waals surface area contributed by atoms with E-state index >= 15 is 0 Å². The maximum absolute atomic E-state index is 13.0. The van der Waals surface area contributed by atoms with Gasteiger partial charge in [0, 0.05) is 46.1 Å². The molecule has 0 aliphatic heterocycles. The maximum Gasteiger partial charge on any atom is 0.219 e. The van der Waals surface area contributed by atoms with Gasteiger partial charge in [-0.05, 0) is 60.6 Å². The number of aliphatic imine (C=N–C) groups is 1. The molecule has 6 nitrogen and oxygen atoms in total. The minimum Gasteiger partial charge on any atom is -0.439 e. The molecule has 0 saturated heterocycles. The van der Waals surface area contributed by atoms with Gasteiger partial charge >= 0.3 is 0 Å². The zero-order chi connectivity index (χ0) is 21.2. The molecule has 1 saturated carbocycles. The number of aromatic nitrogens is 1.